The Morgan fingerprint density at radius 3 is 1.90 bits per heavy atom. The van der Waals surface area contributed by atoms with Crippen molar-refractivity contribution in [3.05, 3.63) is 0 Å². The molecule has 20 heavy (non-hydrogen) atoms. The van der Waals surface area contributed by atoms with E-state index in [9.17, 15) is 5.11 Å². The molecule has 0 atom stereocenters. The summed E-state index contributed by atoms with van der Waals surface area (Å²) in [6.07, 6.45) is 13.7. The first-order valence-electron chi connectivity index (χ1n) is 8.68. The standard InChI is InChI=1S/C9H18O2.C8H16O/c1-2-11-9(10)7-5-3-4-6-8-9;1-2-9-8-6-4-3-5-7-8/h10H,2-8H2,1H3;8H,2-7H2,1H3. The average Bonchev–Trinajstić information content (AvgIpc) is 2.66. The Bertz CT molecular complexity index is 214. The van der Waals surface area contributed by atoms with Gasteiger partial charge in [0.25, 0.3) is 0 Å². The highest BCUT2D eigenvalue weighted by Crippen LogP contribution is 2.27. The zero-order valence-corrected chi connectivity index (χ0v) is 13.5. The summed E-state index contributed by atoms with van der Waals surface area (Å²) >= 11 is 0. The Labute approximate surface area is 125 Å². The fourth-order valence-electron chi connectivity index (χ4n) is 3.16. The molecule has 0 aromatic carbocycles. The van der Waals surface area contributed by atoms with Gasteiger partial charge in [-0.25, -0.2) is 0 Å². The van der Waals surface area contributed by atoms with Gasteiger partial charge in [-0.1, -0.05) is 32.1 Å². The predicted octanol–water partition coefficient (Wildman–Crippen LogP) is 4.42. The number of hydrogen-bond donors (Lipinski definition) is 1. The number of rotatable bonds is 4. The van der Waals surface area contributed by atoms with Crippen LogP contribution in [0.15, 0.2) is 0 Å². The Balaban J connectivity index is 0.000000204. The van der Waals surface area contributed by atoms with Gasteiger partial charge < -0.3 is 14.6 Å². The second kappa shape index (κ2) is 10.6. The Morgan fingerprint density at radius 1 is 0.850 bits per heavy atom. The fraction of sp³-hybridized carbons (Fsp3) is 1.00. The molecule has 0 heterocycles. The summed E-state index contributed by atoms with van der Waals surface area (Å²) in [6.45, 7) is 5.53. The number of aliphatic hydroxyl groups is 1. The quantitative estimate of drug-likeness (QED) is 0.614. The molecule has 3 heteroatoms. The van der Waals surface area contributed by atoms with Gasteiger partial charge >= 0.3 is 0 Å². The molecule has 0 unspecified atom stereocenters. The van der Waals surface area contributed by atoms with E-state index in [1.165, 1.54) is 44.9 Å². The number of ether oxygens (including phenoxy) is 2. The molecular weight excluding hydrogens is 252 g/mol. The summed E-state index contributed by atoms with van der Waals surface area (Å²) in [5.74, 6) is -0.786. The molecule has 2 fully saturated rings. The van der Waals surface area contributed by atoms with Crippen LogP contribution in [0.25, 0.3) is 0 Å². The fourth-order valence-corrected chi connectivity index (χ4v) is 3.16. The number of hydrogen-bond acceptors (Lipinski definition) is 3. The maximum absolute atomic E-state index is 9.83. The van der Waals surface area contributed by atoms with E-state index >= 15 is 0 Å². The lowest BCUT2D eigenvalue weighted by atomic mass is 9.98. The van der Waals surface area contributed by atoms with Crippen LogP contribution >= 0.6 is 0 Å². The molecule has 2 aliphatic rings. The first-order valence-corrected chi connectivity index (χ1v) is 8.68. The molecular formula is C17H34O3. The van der Waals surface area contributed by atoms with Crippen LogP contribution in [0.2, 0.25) is 0 Å². The van der Waals surface area contributed by atoms with Gasteiger partial charge in [0.05, 0.1) is 6.10 Å². The molecule has 0 aromatic rings. The highest BCUT2D eigenvalue weighted by Gasteiger charge is 2.27. The summed E-state index contributed by atoms with van der Waals surface area (Å²) < 4.78 is 10.8. The van der Waals surface area contributed by atoms with E-state index in [2.05, 4.69) is 6.92 Å². The van der Waals surface area contributed by atoms with E-state index in [1.807, 2.05) is 6.92 Å². The third-order valence-corrected chi connectivity index (χ3v) is 4.25. The Morgan fingerprint density at radius 2 is 1.40 bits per heavy atom. The topological polar surface area (TPSA) is 38.7 Å². The zero-order chi connectivity index (χ0) is 14.7. The second-order valence-corrected chi connectivity index (χ2v) is 6.01. The normalized spacial score (nSPS) is 23.6. The molecule has 0 radical (unpaired) electrons. The summed E-state index contributed by atoms with van der Waals surface area (Å²) in [7, 11) is 0. The minimum absolute atomic E-state index is 0.601. The largest absolute Gasteiger partial charge is 0.379 e. The van der Waals surface area contributed by atoms with Crippen LogP contribution < -0.4 is 0 Å². The van der Waals surface area contributed by atoms with Crippen molar-refractivity contribution in [2.45, 2.75) is 96.4 Å². The van der Waals surface area contributed by atoms with E-state index in [1.54, 1.807) is 0 Å². The van der Waals surface area contributed by atoms with Crippen LogP contribution in [0.3, 0.4) is 0 Å². The van der Waals surface area contributed by atoms with Gasteiger partial charge in [-0.05, 0) is 39.5 Å². The molecule has 0 saturated heterocycles. The monoisotopic (exact) mass is 286 g/mol. The van der Waals surface area contributed by atoms with Crippen molar-refractivity contribution in [1.29, 1.82) is 0 Å². The third-order valence-electron chi connectivity index (χ3n) is 4.25. The van der Waals surface area contributed by atoms with Crippen molar-refractivity contribution in [2.24, 2.45) is 0 Å². The second-order valence-electron chi connectivity index (χ2n) is 6.01. The van der Waals surface area contributed by atoms with Gasteiger partial charge in [0.2, 0.25) is 0 Å². The molecule has 3 nitrogen and oxygen atoms in total. The van der Waals surface area contributed by atoms with Crippen molar-refractivity contribution in [2.75, 3.05) is 13.2 Å². The van der Waals surface area contributed by atoms with Gasteiger partial charge in [0.15, 0.2) is 5.79 Å². The van der Waals surface area contributed by atoms with Crippen molar-refractivity contribution >= 4 is 0 Å². The smallest absolute Gasteiger partial charge is 0.165 e. The van der Waals surface area contributed by atoms with Crippen LogP contribution in [0.1, 0.15) is 84.5 Å². The Hall–Kier alpha value is -0.120. The van der Waals surface area contributed by atoms with Gasteiger partial charge in [0.1, 0.15) is 0 Å². The summed E-state index contributed by atoms with van der Waals surface area (Å²) in [5, 5.41) is 9.83. The van der Waals surface area contributed by atoms with Crippen LogP contribution in [-0.4, -0.2) is 30.2 Å². The summed E-state index contributed by atoms with van der Waals surface area (Å²) in [5.41, 5.74) is 0. The summed E-state index contributed by atoms with van der Waals surface area (Å²) in [6, 6.07) is 0. The molecule has 120 valence electrons. The minimum atomic E-state index is -0.786. The molecule has 2 saturated carbocycles. The van der Waals surface area contributed by atoms with Crippen molar-refractivity contribution in [3.63, 3.8) is 0 Å². The highest BCUT2D eigenvalue weighted by molar-refractivity contribution is 4.71. The van der Waals surface area contributed by atoms with E-state index in [0.29, 0.717) is 12.7 Å². The van der Waals surface area contributed by atoms with E-state index in [0.717, 1.165) is 32.3 Å². The third kappa shape index (κ3) is 7.61. The van der Waals surface area contributed by atoms with Crippen LogP contribution in [0.5, 0.6) is 0 Å². The van der Waals surface area contributed by atoms with Gasteiger partial charge in [0, 0.05) is 26.1 Å². The average molecular weight is 286 g/mol. The highest BCUT2D eigenvalue weighted by atomic mass is 16.6. The lowest BCUT2D eigenvalue weighted by Gasteiger charge is -2.25. The lowest BCUT2D eigenvalue weighted by molar-refractivity contribution is -0.207. The van der Waals surface area contributed by atoms with Crippen LogP contribution in [-0.2, 0) is 9.47 Å². The molecule has 0 aromatic heterocycles. The molecule has 0 amide bonds. The van der Waals surface area contributed by atoms with Crippen molar-refractivity contribution in [3.8, 4) is 0 Å². The minimum Gasteiger partial charge on any atom is -0.379 e. The van der Waals surface area contributed by atoms with Crippen LogP contribution in [0.4, 0.5) is 0 Å². The van der Waals surface area contributed by atoms with Gasteiger partial charge in [-0.2, -0.15) is 0 Å². The lowest BCUT2D eigenvalue weighted by Crippen LogP contribution is -2.31. The van der Waals surface area contributed by atoms with E-state index in [4.69, 9.17) is 9.47 Å². The first-order chi connectivity index (χ1) is 9.70. The van der Waals surface area contributed by atoms with E-state index < -0.39 is 5.79 Å². The zero-order valence-electron chi connectivity index (χ0n) is 13.5. The maximum Gasteiger partial charge on any atom is 0.165 e. The van der Waals surface area contributed by atoms with E-state index in [-0.39, 0.29) is 0 Å². The predicted molar refractivity (Wildman–Crippen MR) is 82.8 cm³/mol. The molecule has 2 rings (SSSR count). The van der Waals surface area contributed by atoms with Crippen LogP contribution in [0, 0.1) is 0 Å². The molecule has 0 spiro atoms. The molecule has 1 N–H and O–H groups in total. The molecule has 0 bridgehead atoms. The SMILES string of the molecule is CCOC1(O)CCCCCC1.CCOC1CCCCC1. The van der Waals surface area contributed by atoms with Crippen molar-refractivity contribution < 1.29 is 14.6 Å². The van der Waals surface area contributed by atoms with Gasteiger partial charge in [-0.15, -0.1) is 0 Å². The maximum atomic E-state index is 9.83. The molecule has 0 aliphatic heterocycles. The summed E-state index contributed by atoms with van der Waals surface area (Å²) in [4.78, 5) is 0. The Kier molecular flexibility index (Phi) is 9.49. The molecule has 2 aliphatic carbocycles. The van der Waals surface area contributed by atoms with Crippen molar-refractivity contribution in [1.82, 2.24) is 0 Å². The first kappa shape index (κ1) is 17.9. The van der Waals surface area contributed by atoms with Gasteiger partial charge in [-0.3, -0.25) is 0 Å².